The predicted molar refractivity (Wildman–Crippen MR) is 98.9 cm³/mol. The second kappa shape index (κ2) is 7.75. The van der Waals surface area contributed by atoms with Gasteiger partial charge in [-0.1, -0.05) is 36.4 Å². The smallest absolute Gasteiger partial charge is 0.243 e. The molecule has 0 spiro atoms. The molecule has 0 fully saturated rings. The van der Waals surface area contributed by atoms with Crippen LogP contribution in [0.4, 0.5) is 4.39 Å². The van der Waals surface area contributed by atoms with Gasteiger partial charge < -0.3 is 10.1 Å². The lowest BCUT2D eigenvalue weighted by Gasteiger charge is -2.24. The summed E-state index contributed by atoms with van der Waals surface area (Å²) >= 11 is 0. The number of hydrogen-bond acceptors (Lipinski definition) is 4. The van der Waals surface area contributed by atoms with E-state index in [1.54, 1.807) is 7.11 Å². The van der Waals surface area contributed by atoms with Crippen LogP contribution in [0.3, 0.4) is 0 Å². The van der Waals surface area contributed by atoms with Crippen LogP contribution in [0.2, 0.25) is 0 Å². The predicted octanol–water partition coefficient (Wildman–Crippen LogP) is 1.84. The molecule has 6 nitrogen and oxygen atoms in total. The average Bonchev–Trinajstić information content (AvgIpc) is 2.96. The van der Waals surface area contributed by atoms with Crippen molar-refractivity contribution in [2.24, 2.45) is 0 Å². The lowest BCUT2D eigenvalue weighted by molar-refractivity contribution is -0.124. The van der Waals surface area contributed by atoms with Gasteiger partial charge in [0.2, 0.25) is 15.9 Å². The molecule has 0 aliphatic heterocycles. The summed E-state index contributed by atoms with van der Waals surface area (Å²) in [4.78, 5) is 12.9. The number of rotatable bonds is 6. The van der Waals surface area contributed by atoms with E-state index in [0.717, 1.165) is 17.4 Å². The van der Waals surface area contributed by atoms with E-state index in [2.05, 4.69) is 10.0 Å². The van der Waals surface area contributed by atoms with E-state index in [4.69, 9.17) is 4.74 Å². The highest BCUT2D eigenvalue weighted by Crippen LogP contribution is 2.34. The first-order chi connectivity index (χ1) is 12.8. The monoisotopic (exact) mass is 392 g/mol. The first-order valence-corrected chi connectivity index (χ1v) is 10.3. The van der Waals surface area contributed by atoms with Gasteiger partial charge in [-0.25, -0.2) is 12.8 Å². The minimum absolute atomic E-state index is 0.322. The third-order valence-electron chi connectivity index (χ3n) is 4.55. The van der Waals surface area contributed by atoms with Crippen molar-refractivity contribution in [2.45, 2.75) is 24.6 Å². The first-order valence-electron chi connectivity index (χ1n) is 8.42. The van der Waals surface area contributed by atoms with Crippen LogP contribution >= 0.6 is 0 Å². The molecule has 0 radical (unpaired) electrons. The fourth-order valence-electron chi connectivity index (χ4n) is 3.38. The Morgan fingerprint density at radius 1 is 1.19 bits per heavy atom. The summed E-state index contributed by atoms with van der Waals surface area (Å²) in [6.07, 6.45) is 1.23. The van der Waals surface area contributed by atoms with Crippen LogP contribution in [-0.2, 0) is 26.0 Å². The molecule has 2 aromatic rings. The summed E-state index contributed by atoms with van der Waals surface area (Å²) < 4.78 is 44.5. The molecule has 27 heavy (non-hydrogen) atoms. The number of carbonyl (C=O) groups excluding carboxylic acids is 1. The molecule has 1 amide bonds. The molecule has 144 valence electrons. The number of fused-ring (bicyclic) bond motifs is 1. The number of methoxy groups -OCH3 is 1. The van der Waals surface area contributed by atoms with Gasteiger partial charge in [-0.15, -0.1) is 0 Å². The topological polar surface area (TPSA) is 84.5 Å². The van der Waals surface area contributed by atoms with Crippen molar-refractivity contribution in [1.29, 1.82) is 0 Å². The van der Waals surface area contributed by atoms with Gasteiger partial charge in [0.1, 0.15) is 18.0 Å². The van der Waals surface area contributed by atoms with Crippen molar-refractivity contribution in [3.8, 4) is 0 Å². The van der Waals surface area contributed by atoms with Gasteiger partial charge >= 0.3 is 0 Å². The van der Waals surface area contributed by atoms with Crippen molar-refractivity contribution in [1.82, 2.24) is 10.0 Å². The average molecular weight is 392 g/mol. The van der Waals surface area contributed by atoms with Crippen LogP contribution in [0.15, 0.2) is 48.5 Å². The third kappa shape index (κ3) is 4.52. The van der Waals surface area contributed by atoms with Crippen LogP contribution in [0.1, 0.15) is 28.8 Å². The number of carbonyl (C=O) groups is 1. The summed E-state index contributed by atoms with van der Waals surface area (Å²) in [6, 6.07) is 11.4. The van der Waals surface area contributed by atoms with Crippen molar-refractivity contribution < 1.29 is 22.3 Å². The van der Waals surface area contributed by atoms with Crippen LogP contribution < -0.4 is 10.0 Å². The maximum absolute atomic E-state index is 13.2. The molecule has 0 aromatic heterocycles. The quantitative estimate of drug-likeness (QED) is 0.786. The van der Waals surface area contributed by atoms with Gasteiger partial charge in [-0.2, -0.15) is 4.72 Å². The second-order valence-electron chi connectivity index (χ2n) is 6.55. The normalized spacial score (nSPS) is 20.1. The summed E-state index contributed by atoms with van der Waals surface area (Å²) in [5, 5.41) is 2.88. The summed E-state index contributed by atoms with van der Waals surface area (Å²) in [5.74, 6) is -0.991. The van der Waals surface area contributed by atoms with E-state index in [-0.39, 0.29) is 12.1 Å². The van der Waals surface area contributed by atoms with Gasteiger partial charge in [0.05, 0.1) is 12.3 Å². The number of hydrogen-bond donors (Lipinski definition) is 2. The third-order valence-corrected chi connectivity index (χ3v) is 5.21. The molecule has 3 rings (SSSR count). The van der Waals surface area contributed by atoms with E-state index in [0.29, 0.717) is 12.0 Å². The Morgan fingerprint density at radius 3 is 2.48 bits per heavy atom. The molecule has 1 aliphatic carbocycles. The Hall–Kier alpha value is -2.29. The lowest BCUT2D eigenvalue weighted by atomic mass is 10.1. The Bertz CT molecular complexity index is 931. The molecule has 0 heterocycles. The number of amides is 1. The SMILES string of the molecule is CO[C@@H]1c2ccccc2C[C@H]1NC(=O)C(NS(C)(=O)=O)c1ccc(F)cc1. The highest BCUT2D eigenvalue weighted by molar-refractivity contribution is 7.88. The fourth-order valence-corrected chi connectivity index (χ4v) is 4.06. The van der Waals surface area contributed by atoms with Crippen molar-refractivity contribution >= 4 is 15.9 Å². The Labute approximate surface area is 157 Å². The largest absolute Gasteiger partial charge is 0.375 e. The summed E-state index contributed by atoms with van der Waals surface area (Å²) in [5.41, 5.74) is 2.42. The van der Waals surface area contributed by atoms with Crippen LogP contribution in [0, 0.1) is 5.82 Å². The molecule has 1 unspecified atom stereocenters. The Morgan fingerprint density at radius 2 is 1.85 bits per heavy atom. The minimum Gasteiger partial charge on any atom is -0.375 e. The summed E-state index contributed by atoms with van der Waals surface area (Å²) in [6.45, 7) is 0. The zero-order valence-electron chi connectivity index (χ0n) is 15.0. The highest BCUT2D eigenvalue weighted by atomic mass is 32.2. The first kappa shape index (κ1) is 19.5. The fraction of sp³-hybridized carbons (Fsp3) is 0.316. The van der Waals surface area contributed by atoms with Crippen molar-refractivity contribution in [3.63, 3.8) is 0 Å². The number of benzene rings is 2. The maximum atomic E-state index is 13.2. The van der Waals surface area contributed by atoms with E-state index >= 15 is 0 Å². The molecule has 0 saturated carbocycles. The highest BCUT2D eigenvalue weighted by Gasteiger charge is 2.35. The second-order valence-corrected chi connectivity index (χ2v) is 8.33. The molecular formula is C19H21FN2O4S. The number of ether oxygens (including phenoxy) is 1. The van der Waals surface area contributed by atoms with Gasteiger partial charge in [0.25, 0.3) is 0 Å². The molecule has 0 bridgehead atoms. The molecule has 0 saturated heterocycles. The molecule has 2 N–H and O–H groups in total. The zero-order chi connectivity index (χ0) is 19.6. The molecule has 2 aromatic carbocycles. The zero-order valence-corrected chi connectivity index (χ0v) is 15.8. The van der Waals surface area contributed by atoms with E-state index < -0.39 is 27.8 Å². The minimum atomic E-state index is -3.67. The number of sulfonamides is 1. The molecular weight excluding hydrogens is 371 g/mol. The number of halogens is 1. The van der Waals surface area contributed by atoms with Crippen molar-refractivity contribution in [2.75, 3.05) is 13.4 Å². The van der Waals surface area contributed by atoms with E-state index in [1.807, 2.05) is 24.3 Å². The molecule has 8 heteroatoms. The van der Waals surface area contributed by atoms with Gasteiger partial charge in [-0.3, -0.25) is 4.79 Å². The molecule has 3 atom stereocenters. The number of nitrogens with one attached hydrogen (secondary N) is 2. The van der Waals surface area contributed by atoms with E-state index in [1.165, 1.54) is 24.3 Å². The van der Waals surface area contributed by atoms with Gasteiger partial charge in [0.15, 0.2) is 0 Å². The Kier molecular flexibility index (Phi) is 5.59. The Balaban J connectivity index is 1.83. The van der Waals surface area contributed by atoms with Crippen molar-refractivity contribution in [3.05, 3.63) is 71.0 Å². The van der Waals surface area contributed by atoms with Gasteiger partial charge in [-0.05, 0) is 35.2 Å². The van der Waals surface area contributed by atoms with Gasteiger partial charge in [0, 0.05) is 7.11 Å². The standard InChI is InChI=1S/C19H21FN2O4S/c1-26-18-15-6-4-3-5-13(15)11-16(18)21-19(23)17(22-27(2,24)25)12-7-9-14(20)10-8-12/h3-10,16-18,22H,11H2,1-2H3,(H,21,23)/t16-,17?,18-/m1/s1. The molecule has 1 aliphatic rings. The lowest BCUT2D eigenvalue weighted by Crippen LogP contribution is -2.45. The summed E-state index contributed by atoms with van der Waals surface area (Å²) in [7, 11) is -2.10. The van der Waals surface area contributed by atoms with Crippen LogP contribution in [0.5, 0.6) is 0 Å². The van der Waals surface area contributed by atoms with Crippen LogP contribution in [-0.4, -0.2) is 33.7 Å². The maximum Gasteiger partial charge on any atom is 0.243 e. The van der Waals surface area contributed by atoms with E-state index in [9.17, 15) is 17.6 Å². The van der Waals surface area contributed by atoms with Crippen LogP contribution in [0.25, 0.3) is 0 Å².